The minimum atomic E-state index is -1.77. The van der Waals surface area contributed by atoms with E-state index in [1.807, 2.05) is 36.1 Å². The van der Waals surface area contributed by atoms with Gasteiger partial charge in [0.25, 0.3) is 0 Å². The number of nitrogens with zero attached hydrogens (tertiary/aromatic N) is 7. The molecule has 2 aliphatic rings. The van der Waals surface area contributed by atoms with E-state index in [1.165, 1.54) is 10.9 Å². The number of alkyl halides is 1. The second kappa shape index (κ2) is 8.62. The Hall–Kier alpha value is -2.06. The molecule has 4 aromatic rings. The van der Waals surface area contributed by atoms with Crippen molar-refractivity contribution in [1.82, 2.24) is 24.5 Å². The number of aliphatic hydroxyl groups is 1. The van der Waals surface area contributed by atoms with Gasteiger partial charge in [0, 0.05) is 0 Å². The summed E-state index contributed by atoms with van der Waals surface area (Å²) in [5.41, 5.74) is 1.54. The van der Waals surface area contributed by atoms with Gasteiger partial charge in [-0.1, -0.05) is 0 Å². The van der Waals surface area contributed by atoms with E-state index in [0.717, 1.165) is 35.5 Å². The Morgan fingerprint density at radius 2 is 2.12 bits per heavy atom. The van der Waals surface area contributed by atoms with Gasteiger partial charge in [0.1, 0.15) is 0 Å². The number of halogens is 2. The molecule has 8 nitrogen and oxygen atoms in total. The van der Waals surface area contributed by atoms with Crippen LogP contribution < -0.4 is 4.90 Å². The van der Waals surface area contributed by atoms with E-state index < -0.39 is 46.7 Å². The average Bonchev–Trinajstić information content (AvgIpc) is 3.53. The molecule has 3 aromatic heterocycles. The first-order chi connectivity index (χ1) is 16.1. The maximum atomic E-state index is 11.2. The molecular formula is C23H23I2N7O. The number of aryl methyl sites for hydroxylation is 1. The van der Waals surface area contributed by atoms with E-state index in [0.29, 0.717) is 19.5 Å². The monoisotopic (exact) mass is 667 g/mol. The first kappa shape index (κ1) is 21.5. The van der Waals surface area contributed by atoms with E-state index in [-0.39, 0.29) is 0 Å². The van der Waals surface area contributed by atoms with Gasteiger partial charge >= 0.3 is 211 Å². The van der Waals surface area contributed by atoms with Crippen LogP contribution in [-0.2, 0) is 11.0 Å². The Morgan fingerprint density at radius 1 is 1.18 bits per heavy atom. The Bertz CT molecular complexity index is 1370. The molecule has 1 fully saturated rings. The third kappa shape index (κ3) is 4.28. The SMILES string of the molecule is Cc1nccn1CC1(O)CCN(c2cnc3c(n2)I(Cc2ccc4ncccc4c2)N=I3)C1. The molecule has 2 aliphatic heterocycles. The van der Waals surface area contributed by atoms with Crippen molar-refractivity contribution in [3.63, 3.8) is 0 Å². The zero-order valence-corrected chi connectivity index (χ0v) is 22.4. The van der Waals surface area contributed by atoms with Gasteiger partial charge in [0.05, 0.1) is 0 Å². The quantitative estimate of drug-likeness (QED) is 0.252. The summed E-state index contributed by atoms with van der Waals surface area (Å²) < 4.78 is 10.4. The van der Waals surface area contributed by atoms with Crippen LogP contribution in [0.4, 0.5) is 5.82 Å². The molecule has 0 saturated carbocycles. The first-order valence-corrected chi connectivity index (χ1v) is 16.3. The molecule has 0 bridgehead atoms. The van der Waals surface area contributed by atoms with Crippen molar-refractivity contribution >= 4 is 57.8 Å². The fourth-order valence-corrected chi connectivity index (χ4v) is 15.3. The number of β-amino-alcohol motifs (C(OH)–C–C–N with tert-alkyl or cyclic N) is 1. The summed E-state index contributed by atoms with van der Waals surface area (Å²) in [4.78, 5) is 20.7. The number of hydrogen-bond acceptors (Lipinski definition) is 7. The van der Waals surface area contributed by atoms with Gasteiger partial charge in [-0.3, -0.25) is 0 Å². The van der Waals surface area contributed by atoms with E-state index in [2.05, 4.69) is 39.1 Å². The molecular weight excluding hydrogens is 644 g/mol. The van der Waals surface area contributed by atoms with Gasteiger partial charge in [0.15, 0.2) is 0 Å². The summed E-state index contributed by atoms with van der Waals surface area (Å²) >= 11 is -2.17. The molecule has 1 atom stereocenters. The van der Waals surface area contributed by atoms with Crippen LogP contribution in [0.25, 0.3) is 10.9 Å². The molecule has 10 heteroatoms. The van der Waals surface area contributed by atoms with Crippen molar-refractivity contribution in [1.29, 1.82) is 0 Å². The molecule has 0 spiro atoms. The van der Waals surface area contributed by atoms with Gasteiger partial charge in [-0.2, -0.15) is 0 Å². The molecule has 1 N–H and O–H groups in total. The summed E-state index contributed by atoms with van der Waals surface area (Å²) in [6.45, 7) is 3.84. The maximum absolute atomic E-state index is 11.2. The van der Waals surface area contributed by atoms with Crippen LogP contribution >= 0.6 is 41.1 Å². The zero-order valence-electron chi connectivity index (χ0n) is 18.1. The number of anilines is 1. The Morgan fingerprint density at radius 3 is 3.00 bits per heavy atom. The van der Waals surface area contributed by atoms with E-state index >= 15 is 0 Å². The van der Waals surface area contributed by atoms with Crippen molar-refractivity contribution in [3.05, 3.63) is 73.9 Å². The van der Waals surface area contributed by atoms with Crippen LogP contribution in [-0.4, -0.2) is 48.3 Å². The van der Waals surface area contributed by atoms with Crippen LogP contribution in [0.15, 0.2) is 56.5 Å². The molecule has 0 aliphatic carbocycles. The predicted molar refractivity (Wildman–Crippen MR) is 144 cm³/mol. The number of fused-ring (bicyclic) bond motifs is 2. The van der Waals surface area contributed by atoms with Crippen molar-refractivity contribution in [3.8, 4) is 0 Å². The molecule has 0 radical (unpaired) electrons. The Kier molecular flexibility index (Phi) is 5.61. The standard InChI is InChI=1S/C23H23I2N7O/c1-16-26-8-10-31(16)14-23(33)6-9-32(15-23)20-13-28-21-22(29-20)25(30-24-21)12-17-4-5-19-18(11-17)3-2-7-27-19/h2-5,7-8,10-11,13,33H,6,9,12,14-15H2,1H3. The second-order valence-corrected chi connectivity index (χ2v) is 16.5. The molecule has 6 rings (SSSR count). The third-order valence-corrected chi connectivity index (χ3v) is 16.7. The van der Waals surface area contributed by atoms with Crippen molar-refractivity contribution < 1.29 is 5.11 Å². The Labute approximate surface area is 209 Å². The molecule has 1 saturated heterocycles. The number of pyridine rings is 1. The number of imidazole rings is 1. The molecule has 170 valence electrons. The summed E-state index contributed by atoms with van der Waals surface area (Å²) in [5, 5.41) is 12.4. The second-order valence-electron chi connectivity index (χ2n) is 8.46. The van der Waals surface area contributed by atoms with Gasteiger partial charge in [-0.15, -0.1) is 0 Å². The minimum absolute atomic E-state index is 0.398. The molecule has 1 aromatic carbocycles. The summed E-state index contributed by atoms with van der Waals surface area (Å²) in [6.07, 6.45) is 8.12. The zero-order chi connectivity index (χ0) is 22.4. The number of rotatable bonds is 5. The normalized spacial score (nSPS) is 20.9. The van der Waals surface area contributed by atoms with E-state index in [4.69, 9.17) is 11.3 Å². The van der Waals surface area contributed by atoms with Crippen LogP contribution in [0, 0.1) is 14.3 Å². The topological polar surface area (TPSA) is 92.3 Å². The molecule has 0 amide bonds. The third-order valence-electron chi connectivity index (χ3n) is 6.06. The Balaban J connectivity index is 1.21. The van der Waals surface area contributed by atoms with Gasteiger partial charge in [0.2, 0.25) is 0 Å². The average molecular weight is 667 g/mol. The summed E-state index contributed by atoms with van der Waals surface area (Å²) in [6, 6.07) is 10.6. The van der Waals surface area contributed by atoms with E-state index in [1.54, 1.807) is 6.20 Å². The van der Waals surface area contributed by atoms with Gasteiger partial charge in [-0.05, 0) is 0 Å². The van der Waals surface area contributed by atoms with Crippen molar-refractivity contribution in [2.45, 2.75) is 29.9 Å². The molecule has 33 heavy (non-hydrogen) atoms. The van der Waals surface area contributed by atoms with Gasteiger partial charge in [-0.25, -0.2) is 0 Å². The van der Waals surface area contributed by atoms with Crippen LogP contribution in [0.3, 0.4) is 0 Å². The number of benzene rings is 1. The number of aromatic nitrogens is 5. The first-order valence-electron chi connectivity index (χ1n) is 10.7. The summed E-state index contributed by atoms with van der Waals surface area (Å²) in [5.74, 6) is 1.79. The van der Waals surface area contributed by atoms with Crippen LogP contribution in [0.1, 0.15) is 17.8 Å². The van der Waals surface area contributed by atoms with Crippen molar-refractivity contribution in [2.75, 3.05) is 18.0 Å². The number of hydrogen-bond donors (Lipinski definition) is 1. The summed E-state index contributed by atoms with van der Waals surface area (Å²) in [7, 11) is 0. The van der Waals surface area contributed by atoms with Crippen LogP contribution in [0.2, 0.25) is 0 Å². The molecule has 5 heterocycles. The molecule has 1 unspecified atom stereocenters. The van der Waals surface area contributed by atoms with E-state index in [9.17, 15) is 5.11 Å². The predicted octanol–water partition coefficient (Wildman–Crippen LogP) is 4.30. The van der Waals surface area contributed by atoms with Crippen molar-refractivity contribution in [2.24, 2.45) is 1.36 Å². The fourth-order valence-electron chi connectivity index (χ4n) is 4.30. The van der Waals surface area contributed by atoms with Crippen LogP contribution in [0.5, 0.6) is 0 Å². The van der Waals surface area contributed by atoms with Gasteiger partial charge < -0.3 is 0 Å². The fraction of sp³-hybridized carbons (Fsp3) is 0.304.